The maximum absolute atomic E-state index is 12.3. The summed E-state index contributed by atoms with van der Waals surface area (Å²) in [6.45, 7) is 8.07. The second-order valence-corrected chi connectivity index (χ2v) is 6.57. The molecular weight excluding hydrogens is 262 g/mol. The highest BCUT2D eigenvalue weighted by Crippen LogP contribution is 2.23. The molecule has 0 aliphatic carbocycles. The van der Waals surface area contributed by atoms with Crippen LogP contribution in [0.2, 0.25) is 0 Å². The first-order valence-electron chi connectivity index (χ1n) is 7.01. The van der Waals surface area contributed by atoms with E-state index in [1.165, 1.54) is 0 Å². The minimum absolute atomic E-state index is 0.0986. The molecule has 19 heavy (non-hydrogen) atoms. The fourth-order valence-electron chi connectivity index (χ4n) is 2.83. The van der Waals surface area contributed by atoms with Gasteiger partial charge in [0.2, 0.25) is 5.91 Å². The van der Waals surface area contributed by atoms with Crippen LogP contribution in [-0.4, -0.2) is 73.3 Å². The van der Waals surface area contributed by atoms with Crippen molar-refractivity contribution >= 4 is 17.7 Å². The number of carbonyl (C=O) groups is 1. The zero-order chi connectivity index (χ0) is 13.8. The first kappa shape index (κ1) is 15.1. The van der Waals surface area contributed by atoms with Gasteiger partial charge in [0.15, 0.2) is 0 Å². The molecule has 0 saturated carbocycles. The molecule has 2 aliphatic rings. The zero-order valence-electron chi connectivity index (χ0n) is 12.0. The molecule has 0 aromatic carbocycles. The molecule has 0 aromatic rings. The van der Waals surface area contributed by atoms with E-state index in [9.17, 15) is 4.79 Å². The van der Waals surface area contributed by atoms with Gasteiger partial charge in [0.25, 0.3) is 0 Å². The Morgan fingerprint density at radius 2 is 2.26 bits per heavy atom. The number of thioether (sulfide) groups is 1. The van der Waals surface area contributed by atoms with E-state index in [0.717, 1.165) is 26.2 Å². The molecule has 2 N–H and O–H groups in total. The number of amides is 1. The molecular formula is C13H25N3O2S. The Balaban J connectivity index is 2.05. The molecule has 2 heterocycles. The van der Waals surface area contributed by atoms with E-state index in [1.807, 2.05) is 25.6 Å². The number of nitrogens with one attached hydrogen (secondary N) is 2. The molecule has 0 bridgehead atoms. The van der Waals surface area contributed by atoms with Crippen molar-refractivity contribution in [2.24, 2.45) is 0 Å². The van der Waals surface area contributed by atoms with E-state index in [4.69, 9.17) is 4.74 Å². The topological polar surface area (TPSA) is 53.6 Å². The smallest absolute Gasteiger partial charge is 0.239 e. The van der Waals surface area contributed by atoms with E-state index >= 15 is 0 Å². The van der Waals surface area contributed by atoms with Crippen molar-refractivity contribution in [3.63, 3.8) is 0 Å². The maximum Gasteiger partial charge on any atom is 0.239 e. The molecule has 110 valence electrons. The molecule has 1 amide bonds. The molecule has 0 spiro atoms. The van der Waals surface area contributed by atoms with Crippen molar-refractivity contribution in [2.45, 2.75) is 37.2 Å². The summed E-state index contributed by atoms with van der Waals surface area (Å²) in [5.41, 5.74) is 0. The maximum atomic E-state index is 12.3. The Morgan fingerprint density at radius 1 is 1.47 bits per heavy atom. The second-order valence-electron chi connectivity index (χ2n) is 5.49. The third kappa shape index (κ3) is 3.62. The molecule has 2 saturated heterocycles. The van der Waals surface area contributed by atoms with Gasteiger partial charge < -0.3 is 15.4 Å². The Kier molecular flexibility index (Phi) is 5.50. The van der Waals surface area contributed by atoms with Crippen LogP contribution in [0.1, 0.15) is 13.8 Å². The van der Waals surface area contributed by atoms with Crippen LogP contribution >= 0.6 is 11.8 Å². The fraction of sp³-hybridized carbons (Fsp3) is 0.923. The lowest BCUT2D eigenvalue weighted by atomic mass is 10.1. The van der Waals surface area contributed by atoms with Gasteiger partial charge in [-0.2, -0.15) is 11.8 Å². The molecule has 3 unspecified atom stereocenters. The van der Waals surface area contributed by atoms with Gasteiger partial charge in [0.1, 0.15) is 6.04 Å². The van der Waals surface area contributed by atoms with Gasteiger partial charge in [-0.25, -0.2) is 0 Å². The van der Waals surface area contributed by atoms with Crippen LogP contribution in [0.5, 0.6) is 0 Å². The first-order valence-corrected chi connectivity index (χ1v) is 8.29. The van der Waals surface area contributed by atoms with Crippen molar-refractivity contribution in [2.75, 3.05) is 39.1 Å². The largest absolute Gasteiger partial charge is 0.378 e. The first-order chi connectivity index (χ1) is 9.13. The van der Waals surface area contributed by atoms with Gasteiger partial charge in [-0.15, -0.1) is 0 Å². The van der Waals surface area contributed by atoms with Gasteiger partial charge in [-0.1, -0.05) is 0 Å². The number of morpholine rings is 1. The van der Waals surface area contributed by atoms with Gasteiger partial charge in [0.05, 0.1) is 13.2 Å². The van der Waals surface area contributed by atoms with Gasteiger partial charge in [-0.3, -0.25) is 9.69 Å². The molecule has 6 heteroatoms. The second kappa shape index (κ2) is 6.92. The standard InChI is InChI=1S/C13H25N3O2S/c1-9(2)15-13(17)11-8-18-5-4-16(11)10-6-14-7-12(10)19-3/h9-12,14H,4-8H2,1-3H3,(H,15,17). The number of hydrogen-bond donors (Lipinski definition) is 2. The Labute approximate surface area is 119 Å². The lowest BCUT2D eigenvalue weighted by Crippen LogP contribution is -2.60. The fourth-order valence-corrected chi connectivity index (χ4v) is 3.68. The summed E-state index contributed by atoms with van der Waals surface area (Å²) in [7, 11) is 0. The normalized spacial score (nSPS) is 32.7. The summed E-state index contributed by atoms with van der Waals surface area (Å²) in [5, 5.41) is 7.01. The molecule has 2 aliphatic heterocycles. The number of ether oxygens (including phenoxy) is 1. The van der Waals surface area contributed by atoms with Crippen LogP contribution in [-0.2, 0) is 9.53 Å². The van der Waals surface area contributed by atoms with Crippen molar-refractivity contribution in [3.05, 3.63) is 0 Å². The summed E-state index contributed by atoms with van der Waals surface area (Å²) in [5.74, 6) is 0.0986. The summed E-state index contributed by atoms with van der Waals surface area (Å²) >= 11 is 1.89. The van der Waals surface area contributed by atoms with Crippen molar-refractivity contribution in [1.29, 1.82) is 0 Å². The SMILES string of the molecule is CSC1CNCC1N1CCOCC1C(=O)NC(C)C. The average molecular weight is 287 g/mol. The molecule has 5 nitrogen and oxygen atoms in total. The number of carbonyl (C=O) groups excluding carboxylic acids is 1. The summed E-state index contributed by atoms with van der Waals surface area (Å²) in [6.07, 6.45) is 2.15. The quantitative estimate of drug-likeness (QED) is 0.757. The Hall–Kier alpha value is -0.300. The summed E-state index contributed by atoms with van der Waals surface area (Å²) in [4.78, 5) is 14.6. The monoisotopic (exact) mass is 287 g/mol. The molecule has 0 radical (unpaired) electrons. The minimum atomic E-state index is -0.143. The molecule has 2 fully saturated rings. The number of rotatable bonds is 4. The van der Waals surface area contributed by atoms with Gasteiger partial charge >= 0.3 is 0 Å². The van der Waals surface area contributed by atoms with Crippen LogP contribution in [0.25, 0.3) is 0 Å². The average Bonchev–Trinajstić information content (AvgIpc) is 2.86. The van der Waals surface area contributed by atoms with E-state index in [1.54, 1.807) is 0 Å². The highest BCUT2D eigenvalue weighted by Gasteiger charge is 2.39. The number of hydrogen-bond acceptors (Lipinski definition) is 5. The molecule has 2 rings (SSSR count). The van der Waals surface area contributed by atoms with Gasteiger partial charge in [-0.05, 0) is 20.1 Å². The van der Waals surface area contributed by atoms with Crippen LogP contribution < -0.4 is 10.6 Å². The van der Waals surface area contributed by atoms with Crippen molar-refractivity contribution in [3.8, 4) is 0 Å². The van der Waals surface area contributed by atoms with E-state index in [-0.39, 0.29) is 18.0 Å². The van der Waals surface area contributed by atoms with Crippen molar-refractivity contribution in [1.82, 2.24) is 15.5 Å². The van der Waals surface area contributed by atoms with Gasteiger partial charge in [0, 0.05) is 37.0 Å². The summed E-state index contributed by atoms with van der Waals surface area (Å²) in [6, 6.07) is 0.465. The lowest BCUT2D eigenvalue weighted by Gasteiger charge is -2.40. The van der Waals surface area contributed by atoms with Crippen LogP contribution in [0.3, 0.4) is 0 Å². The number of nitrogens with zero attached hydrogens (tertiary/aromatic N) is 1. The van der Waals surface area contributed by atoms with Crippen LogP contribution in [0.15, 0.2) is 0 Å². The van der Waals surface area contributed by atoms with Crippen LogP contribution in [0.4, 0.5) is 0 Å². The molecule has 0 aromatic heterocycles. The molecule has 3 atom stereocenters. The van der Waals surface area contributed by atoms with E-state index in [0.29, 0.717) is 17.9 Å². The van der Waals surface area contributed by atoms with Crippen molar-refractivity contribution < 1.29 is 9.53 Å². The summed E-state index contributed by atoms with van der Waals surface area (Å²) < 4.78 is 5.51. The zero-order valence-corrected chi connectivity index (χ0v) is 12.8. The van der Waals surface area contributed by atoms with Crippen LogP contribution in [0, 0.1) is 0 Å². The third-order valence-electron chi connectivity index (χ3n) is 3.76. The predicted molar refractivity (Wildman–Crippen MR) is 78.6 cm³/mol. The third-order valence-corrected chi connectivity index (χ3v) is 4.85. The Bertz CT molecular complexity index is 314. The highest BCUT2D eigenvalue weighted by molar-refractivity contribution is 7.99. The highest BCUT2D eigenvalue weighted by atomic mass is 32.2. The lowest BCUT2D eigenvalue weighted by molar-refractivity contribution is -0.134. The predicted octanol–water partition coefficient (Wildman–Crippen LogP) is -0.0848. The van der Waals surface area contributed by atoms with E-state index in [2.05, 4.69) is 21.8 Å². The minimum Gasteiger partial charge on any atom is -0.378 e. The Morgan fingerprint density at radius 3 is 2.95 bits per heavy atom. The van der Waals surface area contributed by atoms with E-state index < -0.39 is 0 Å².